The van der Waals surface area contributed by atoms with Gasteiger partial charge in [-0.3, -0.25) is 0 Å². The van der Waals surface area contributed by atoms with Gasteiger partial charge in [0.25, 0.3) is 0 Å². The lowest BCUT2D eigenvalue weighted by atomic mass is 9.97. The number of fused-ring (bicyclic) bond motifs is 3. The van der Waals surface area contributed by atoms with E-state index in [1.807, 2.05) is 38.1 Å². The molecule has 0 aromatic heterocycles. The zero-order valence-corrected chi connectivity index (χ0v) is 15.3. The summed E-state index contributed by atoms with van der Waals surface area (Å²) in [6.45, 7) is 3.89. The molecular weight excluding hydrogens is 340 g/mol. The Morgan fingerprint density at radius 3 is 1.89 bits per heavy atom. The third-order valence-electron chi connectivity index (χ3n) is 4.83. The van der Waals surface area contributed by atoms with Gasteiger partial charge in [-0.25, -0.2) is 0 Å². The van der Waals surface area contributed by atoms with Gasteiger partial charge in [-0.05, 0) is 55.8 Å². The van der Waals surface area contributed by atoms with Gasteiger partial charge in [-0.2, -0.15) is 0 Å². The second-order valence-electron chi connectivity index (χ2n) is 6.97. The lowest BCUT2D eigenvalue weighted by Crippen LogP contribution is -2.34. The maximum absolute atomic E-state index is 10.0. The number of rotatable bonds is 2. The number of ether oxygens (including phenoxy) is 2. The molecule has 0 aliphatic carbocycles. The Labute approximate surface area is 158 Å². The maximum Gasteiger partial charge on any atom is 0.163 e. The van der Waals surface area contributed by atoms with Crippen molar-refractivity contribution in [1.82, 2.24) is 0 Å². The van der Waals surface area contributed by atoms with Gasteiger partial charge in [-0.15, -0.1) is 0 Å². The van der Waals surface area contributed by atoms with Gasteiger partial charge < -0.3 is 19.7 Å². The Bertz CT molecular complexity index is 963. The summed E-state index contributed by atoms with van der Waals surface area (Å²) in [4.78, 5) is 0. The summed E-state index contributed by atoms with van der Waals surface area (Å²) >= 11 is 0. The zero-order valence-electron chi connectivity index (χ0n) is 15.3. The summed E-state index contributed by atoms with van der Waals surface area (Å²) in [5, 5.41) is 19.6. The van der Waals surface area contributed by atoms with E-state index in [0.29, 0.717) is 0 Å². The largest absolute Gasteiger partial charge is 0.508 e. The molecule has 4 nitrogen and oxygen atoms in total. The van der Waals surface area contributed by atoms with Crippen LogP contribution in [0.4, 0.5) is 0 Å². The van der Waals surface area contributed by atoms with Crippen LogP contribution in [0.15, 0.2) is 60.7 Å². The van der Waals surface area contributed by atoms with Crippen LogP contribution in [0.5, 0.6) is 17.2 Å². The van der Waals surface area contributed by atoms with Crippen LogP contribution >= 0.6 is 0 Å². The van der Waals surface area contributed by atoms with E-state index in [-0.39, 0.29) is 12.4 Å². The van der Waals surface area contributed by atoms with E-state index in [0.717, 1.165) is 39.3 Å². The van der Waals surface area contributed by atoms with E-state index in [2.05, 4.69) is 12.1 Å². The lowest BCUT2D eigenvalue weighted by Gasteiger charge is -2.32. The van der Waals surface area contributed by atoms with Gasteiger partial charge in [0, 0.05) is 11.1 Å². The summed E-state index contributed by atoms with van der Waals surface area (Å²) < 4.78 is 12.5. The normalized spacial score (nSPS) is 18.3. The van der Waals surface area contributed by atoms with Crippen molar-refractivity contribution in [3.8, 4) is 28.4 Å². The van der Waals surface area contributed by atoms with E-state index in [9.17, 15) is 10.2 Å². The summed E-state index contributed by atoms with van der Waals surface area (Å²) in [6, 6.07) is 18.9. The summed E-state index contributed by atoms with van der Waals surface area (Å²) in [5.74, 6) is 1.65. The Morgan fingerprint density at radius 2 is 1.33 bits per heavy atom. The van der Waals surface area contributed by atoms with Crippen LogP contribution < -0.4 is 9.47 Å². The maximum atomic E-state index is 10.0. The molecule has 4 rings (SSSR count). The van der Waals surface area contributed by atoms with E-state index in [1.54, 1.807) is 24.3 Å². The number of aliphatic hydroxyl groups excluding tert-OH is 1. The first-order valence-electron chi connectivity index (χ1n) is 9.00. The van der Waals surface area contributed by atoms with Crippen molar-refractivity contribution in [2.75, 3.05) is 6.61 Å². The molecular formula is C23H22O4. The van der Waals surface area contributed by atoms with Crippen LogP contribution in [-0.4, -0.2) is 22.9 Å². The Morgan fingerprint density at radius 1 is 0.778 bits per heavy atom. The predicted octanol–water partition coefficient (Wildman–Crippen LogP) is 4.55. The molecule has 0 fully saturated rings. The minimum absolute atomic E-state index is 0.183. The van der Waals surface area contributed by atoms with Gasteiger partial charge >= 0.3 is 0 Å². The molecule has 1 aliphatic rings. The van der Waals surface area contributed by atoms with E-state index < -0.39 is 12.2 Å². The van der Waals surface area contributed by atoms with Crippen molar-refractivity contribution >= 4 is 0 Å². The molecule has 1 heterocycles. The Balaban J connectivity index is 1.88. The SMILES string of the molecule is Cc1ccc2c(c1)-c1cc(C)ccc1OC(c1ccc(O)cc1)C(CO)O2. The smallest absolute Gasteiger partial charge is 0.163 e. The van der Waals surface area contributed by atoms with Gasteiger partial charge in [0.05, 0.1) is 6.61 Å². The fourth-order valence-electron chi connectivity index (χ4n) is 3.43. The fourth-order valence-corrected chi connectivity index (χ4v) is 3.43. The number of aliphatic hydroxyl groups is 1. The molecule has 0 saturated carbocycles. The van der Waals surface area contributed by atoms with Crippen LogP contribution in [0.25, 0.3) is 11.1 Å². The number of phenols is 1. The number of aromatic hydroxyl groups is 1. The van der Waals surface area contributed by atoms with Gasteiger partial charge in [0.1, 0.15) is 17.2 Å². The third-order valence-corrected chi connectivity index (χ3v) is 4.83. The summed E-state index contributed by atoms with van der Waals surface area (Å²) in [5.41, 5.74) is 5.00. The number of phenolic OH excluding ortho intramolecular Hbond substituents is 1. The average molecular weight is 362 g/mol. The lowest BCUT2D eigenvalue weighted by molar-refractivity contribution is 0.0134. The fraction of sp³-hybridized carbons (Fsp3) is 0.217. The topological polar surface area (TPSA) is 58.9 Å². The first-order valence-corrected chi connectivity index (χ1v) is 9.00. The van der Waals surface area contributed by atoms with Crippen molar-refractivity contribution in [3.05, 3.63) is 77.4 Å². The molecule has 3 aromatic carbocycles. The van der Waals surface area contributed by atoms with Crippen LogP contribution in [0.3, 0.4) is 0 Å². The monoisotopic (exact) mass is 362 g/mol. The third kappa shape index (κ3) is 3.36. The van der Waals surface area contributed by atoms with E-state index >= 15 is 0 Å². The van der Waals surface area contributed by atoms with Crippen LogP contribution in [0.2, 0.25) is 0 Å². The van der Waals surface area contributed by atoms with Crippen molar-refractivity contribution in [2.45, 2.75) is 26.1 Å². The van der Waals surface area contributed by atoms with Gasteiger partial charge in [0.2, 0.25) is 0 Å². The number of aryl methyl sites for hydroxylation is 2. The molecule has 1 aliphatic heterocycles. The first-order chi connectivity index (χ1) is 13.0. The highest BCUT2D eigenvalue weighted by Gasteiger charge is 2.31. The number of benzene rings is 3. The number of hydrogen-bond donors (Lipinski definition) is 2. The summed E-state index contributed by atoms with van der Waals surface area (Å²) in [6.07, 6.45) is -1.09. The zero-order chi connectivity index (χ0) is 19.0. The molecule has 3 aromatic rings. The molecule has 4 heteroatoms. The van der Waals surface area contributed by atoms with E-state index in [1.165, 1.54) is 0 Å². The molecule has 2 atom stereocenters. The molecule has 0 bridgehead atoms. The second-order valence-corrected chi connectivity index (χ2v) is 6.97. The molecule has 2 unspecified atom stereocenters. The molecule has 0 spiro atoms. The van der Waals surface area contributed by atoms with Crippen LogP contribution in [0.1, 0.15) is 22.8 Å². The number of hydrogen-bond acceptors (Lipinski definition) is 4. The molecule has 2 N–H and O–H groups in total. The van der Waals surface area contributed by atoms with Gasteiger partial charge in [-0.1, -0.05) is 35.4 Å². The van der Waals surface area contributed by atoms with Crippen LogP contribution in [-0.2, 0) is 0 Å². The molecule has 0 amide bonds. The highest BCUT2D eigenvalue weighted by molar-refractivity contribution is 5.77. The first kappa shape index (κ1) is 17.4. The van der Waals surface area contributed by atoms with Crippen molar-refractivity contribution in [3.63, 3.8) is 0 Å². The van der Waals surface area contributed by atoms with Crippen molar-refractivity contribution in [1.29, 1.82) is 0 Å². The molecule has 27 heavy (non-hydrogen) atoms. The Hall–Kier alpha value is -2.98. The Kier molecular flexibility index (Phi) is 4.50. The van der Waals surface area contributed by atoms with Crippen molar-refractivity contribution < 1.29 is 19.7 Å². The minimum Gasteiger partial charge on any atom is -0.508 e. The summed E-state index contributed by atoms with van der Waals surface area (Å²) in [7, 11) is 0. The molecule has 0 radical (unpaired) electrons. The average Bonchev–Trinajstić information content (AvgIpc) is 2.66. The standard InChI is InChI=1S/C23H22O4/c1-14-3-9-20-18(11-14)19-12-15(2)4-10-21(19)27-23(22(13-24)26-20)16-5-7-17(25)8-6-16/h3-12,22-25H,13H2,1-2H3. The quantitative estimate of drug-likeness (QED) is 0.702. The van der Waals surface area contributed by atoms with E-state index in [4.69, 9.17) is 9.47 Å². The van der Waals surface area contributed by atoms with Crippen LogP contribution in [0, 0.1) is 13.8 Å². The second kappa shape index (κ2) is 6.97. The highest BCUT2D eigenvalue weighted by Crippen LogP contribution is 2.43. The minimum atomic E-state index is -0.578. The predicted molar refractivity (Wildman–Crippen MR) is 104 cm³/mol. The van der Waals surface area contributed by atoms with Crippen molar-refractivity contribution in [2.24, 2.45) is 0 Å². The molecule has 0 saturated heterocycles. The van der Waals surface area contributed by atoms with Gasteiger partial charge in [0.15, 0.2) is 12.2 Å². The highest BCUT2D eigenvalue weighted by atomic mass is 16.6. The molecule has 138 valence electrons.